The molecule has 1 aromatic heterocycles. The predicted octanol–water partition coefficient (Wildman–Crippen LogP) is 2.88. The topological polar surface area (TPSA) is 41.4 Å². The summed E-state index contributed by atoms with van der Waals surface area (Å²) in [5.74, 6) is 3.03. The summed E-state index contributed by atoms with van der Waals surface area (Å²) in [4.78, 5) is 21.5. The molecule has 3 heterocycles. The number of carbonyl (C=O) groups excluding carboxylic acids is 1. The van der Waals surface area contributed by atoms with Gasteiger partial charge in [0, 0.05) is 57.5 Å². The quantitative estimate of drug-likeness (QED) is 0.797. The zero-order valence-electron chi connectivity index (χ0n) is 15.4. The number of hydrogen-bond donors (Lipinski definition) is 0. The predicted molar refractivity (Wildman–Crippen MR) is 98.4 cm³/mol. The number of amides is 1. The van der Waals surface area contributed by atoms with E-state index in [1.807, 2.05) is 11.1 Å². The largest absolute Gasteiger partial charge is 0.343 e. The molecule has 1 aliphatic carbocycles. The summed E-state index contributed by atoms with van der Waals surface area (Å²) in [5.41, 5.74) is 0. The monoisotopic (exact) mass is 344 g/mol. The first-order valence-corrected chi connectivity index (χ1v) is 10.3. The number of piperidine rings is 1. The summed E-state index contributed by atoms with van der Waals surface area (Å²) in [7, 11) is 0. The molecule has 4 rings (SSSR count). The van der Waals surface area contributed by atoms with Gasteiger partial charge in [0.1, 0.15) is 5.82 Å². The molecule has 2 saturated heterocycles. The standard InChI is InChI=1S/C20H32N4O/c25-19(23-11-1-2-12-23)8-13-22-10-4-7-18(16-22)20-21-9-14-24(20)15-17-5-3-6-17/h9,14,17-18H,1-8,10-13,15-16H2. The van der Waals surface area contributed by atoms with Gasteiger partial charge in [-0.15, -0.1) is 0 Å². The zero-order chi connectivity index (χ0) is 17.1. The summed E-state index contributed by atoms with van der Waals surface area (Å²) >= 11 is 0. The molecule has 1 unspecified atom stereocenters. The van der Waals surface area contributed by atoms with Gasteiger partial charge in [-0.1, -0.05) is 6.42 Å². The fourth-order valence-electron chi connectivity index (χ4n) is 4.64. The van der Waals surface area contributed by atoms with Crippen LogP contribution in [0.3, 0.4) is 0 Å². The Labute approximate surface area is 151 Å². The number of carbonyl (C=O) groups is 1. The van der Waals surface area contributed by atoms with Crippen LogP contribution in [0.15, 0.2) is 12.4 Å². The molecule has 1 saturated carbocycles. The van der Waals surface area contributed by atoms with Gasteiger partial charge >= 0.3 is 0 Å². The number of hydrogen-bond acceptors (Lipinski definition) is 3. The van der Waals surface area contributed by atoms with Crippen LogP contribution in [0.4, 0.5) is 0 Å². The fourth-order valence-corrected chi connectivity index (χ4v) is 4.64. The minimum absolute atomic E-state index is 0.353. The van der Waals surface area contributed by atoms with Gasteiger partial charge in [-0.2, -0.15) is 0 Å². The molecule has 5 heteroatoms. The second-order valence-electron chi connectivity index (χ2n) is 8.21. The summed E-state index contributed by atoms with van der Waals surface area (Å²) in [6.07, 6.45) is 13.8. The molecule has 0 radical (unpaired) electrons. The van der Waals surface area contributed by atoms with Gasteiger partial charge in [0.05, 0.1) is 0 Å². The van der Waals surface area contributed by atoms with Crippen molar-refractivity contribution < 1.29 is 4.79 Å². The van der Waals surface area contributed by atoms with Crippen molar-refractivity contribution >= 4 is 5.91 Å². The molecule has 1 aromatic rings. The first-order valence-electron chi connectivity index (χ1n) is 10.3. The van der Waals surface area contributed by atoms with E-state index < -0.39 is 0 Å². The second kappa shape index (κ2) is 7.90. The third kappa shape index (κ3) is 4.08. The van der Waals surface area contributed by atoms with Crippen molar-refractivity contribution in [2.75, 3.05) is 32.7 Å². The highest BCUT2D eigenvalue weighted by molar-refractivity contribution is 5.76. The molecule has 25 heavy (non-hydrogen) atoms. The van der Waals surface area contributed by atoms with Crippen LogP contribution in [-0.4, -0.2) is 58.0 Å². The molecule has 0 spiro atoms. The van der Waals surface area contributed by atoms with Gasteiger partial charge in [-0.3, -0.25) is 4.79 Å². The van der Waals surface area contributed by atoms with Crippen molar-refractivity contribution in [2.45, 2.75) is 63.8 Å². The number of aromatic nitrogens is 2. The van der Waals surface area contributed by atoms with Crippen molar-refractivity contribution in [3.63, 3.8) is 0 Å². The Hall–Kier alpha value is -1.36. The maximum Gasteiger partial charge on any atom is 0.223 e. The van der Waals surface area contributed by atoms with Crippen LogP contribution in [0.1, 0.15) is 63.1 Å². The molecule has 0 bridgehead atoms. The Morgan fingerprint density at radius 2 is 1.92 bits per heavy atom. The highest BCUT2D eigenvalue weighted by Gasteiger charge is 2.27. The maximum atomic E-state index is 12.3. The SMILES string of the molecule is O=C(CCN1CCCC(c2nccn2CC2CCC2)C1)N1CCCC1. The average molecular weight is 345 g/mol. The molecule has 0 N–H and O–H groups in total. The lowest BCUT2D eigenvalue weighted by Crippen LogP contribution is -2.38. The van der Waals surface area contributed by atoms with Gasteiger partial charge < -0.3 is 14.4 Å². The number of nitrogens with zero attached hydrogens (tertiary/aromatic N) is 4. The summed E-state index contributed by atoms with van der Waals surface area (Å²) in [6, 6.07) is 0. The van der Waals surface area contributed by atoms with Crippen LogP contribution in [-0.2, 0) is 11.3 Å². The van der Waals surface area contributed by atoms with E-state index in [0.29, 0.717) is 18.2 Å². The van der Waals surface area contributed by atoms with Gasteiger partial charge in [0.2, 0.25) is 5.91 Å². The molecule has 138 valence electrons. The van der Waals surface area contributed by atoms with Crippen molar-refractivity contribution in [3.8, 4) is 0 Å². The summed E-state index contributed by atoms with van der Waals surface area (Å²) in [6.45, 7) is 6.21. The molecular formula is C20H32N4O. The number of rotatable bonds is 6. The Morgan fingerprint density at radius 3 is 2.68 bits per heavy atom. The Balaban J connectivity index is 1.30. The summed E-state index contributed by atoms with van der Waals surface area (Å²) < 4.78 is 2.41. The lowest BCUT2D eigenvalue weighted by Gasteiger charge is -2.33. The van der Waals surface area contributed by atoms with Gasteiger partial charge in [-0.25, -0.2) is 4.98 Å². The minimum atomic E-state index is 0.353. The van der Waals surface area contributed by atoms with Gasteiger partial charge in [-0.05, 0) is 51.0 Å². The first kappa shape index (κ1) is 17.1. The highest BCUT2D eigenvalue weighted by Crippen LogP contribution is 2.31. The van der Waals surface area contributed by atoms with Gasteiger partial charge in [0.15, 0.2) is 0 Å². The maximum absolute atomic E-state index is 12.3. The number of imidazole rings is 1. The van der Waals surface area contributed by atoms with Crippen LogP contribution in [0.25, 0.3) is 0 Å². The molecule has 3 aliphatic rings. The molecule has 0 aromatic carbocycles. The second-order valence-corrected chi connectivity index (χ2v) is 8.21. The van der Waals surface area contributed by atoms with Crippen molar-refractivity contribution in [3.05, 3.63) is 18.2 Å². The van der Waals surface area contributed by atoms with Crippen LogP contribution in [0, 0.1) is 5.92 Å². The van der Waals surface area contributed by atoms with E-state index >= 15 is 0 Å². The van der Waals surface area contributed by atoms with E-state index in [1.165, 1.54) is 50.8 Å². The van der Waals surface area contributed by atoms with Crippen molar-refractivity contribution in [1.82, 2.24) is 19.4 Å². The highest BCUT2D eigenvalue weighted by atomic mass is 16.2. The molecule has 1 atom stereocenters. The van der Waals surface area contributed by atoms with Gasteiger partial charge in [0.25, 0.3) is 0 Å². The molecular weight excluding hydrogens is 312 g/mol. The van der Waals surface area contributed by atoms with Crippen LogP contribution >= 0.6 is 0 Å². The van der Waals surface area contributed by atoms with E-state index in [0.717, 1.165) is 45.2 Å². The number of likely N-dealkylation sites (tertiary alicyclic amines) is 2. The minimum Gasteiger partial charge on any atom is -0.343 e. The smallest absolute Gasteiger partial charge is 0.223 e. The Kier molecular flexibility index (Phi) is 5.39. The van der Waals surface area contributed by atoms with Crippen LogP contribution < -0.4 is 0 Å². The normalized spacial score (nSPS) is 25.3. The molecule has 5 nitrogen and oxygen atoms in total. The average Bonchev–Trinajstić information content (AvgIpc) is 3.27. The molecule has 1 amide bonds. The third-order valence-corrected chi connectivity index (χ3v) is 6.40. The summed E-state index contributed by atoms with van der Waals surface area (Å²) in [5, 5.41) is 0. The van der Waals surface area contributed by atoms with Crippen molar-refractivity contribution in [2.24, 2.45) is 5.92 Å². The lowest BCUT2D eigenvalue weighted by atomic mass is 9.85. The van der Waals surface area contributed by atoms with Crippen molar-refractivity contribution in [1.29, 1.82) is 0 Å². The van der Waals surface area contributed by atoms with Crippen LogP contribution in [0.2, 0.25) is 0 Å². The van der Waals surface area contributed by atoms with Crippen LogP contribution in [0.5, 0.6) is 0 Å². The zero-order valence-corrected chi connectivity index (χ0v) is 15.4. The Morgan fingerprint density at radius 1 is 1.08 bits per heavy atom. The van der Waals surface area contributed by atoms with E-state index in [1.54, 1.807) is 0 Å². The first-order chi connectivity index (χ1) is 12.3. The van der Waals surface area contributed by atoms with E-state index in [-0.39, 0.29) is 0 Å². The van der Waals surface area contributed by atoms with E-state index in [4.69, 9.17) is 4.98 Å². The molecule has 3 fully saturated rings. The lowest BCUT2D eigenvalue weighted by molar-refractivity contribution is -0.130. The molecule has 2 aliphatic heterocycles. The Bertz CT molecular complexity index is 574. The van der Waals surface area contributed by atoms with E-state index in [2.05, 4.69) is 15.7 Å². The fraction of sp³-hybridized carbons (Fsp3) is 0.800. The third-order valence-electron chi connectivity index (χ3n) is 6.40. The van der Waals surface area contributed by atoms with E-state index in [9.17, 15) is 4.79 Å².